The van der Waals surface area contributed by atoms with Crippen molar-refractivity contribution in [2.45, 2.75) is 17.4 Å². The van der Waals surface area contributed by atoms with Crippen molar-refractivity contribution in [1.82, 2.24) is 10.3 Å². The molecule has 0 saturated carbocycles. The highest BCUT2D eigenvalue weighted by atomic mass is 32.2. The van der Waals surface area contributed by atoms with Gasteiger partial charge in [0.05, 0.1) is 16.7 Å². The number of sulfone groups is 1. The van der Waals surface area contributed by atoms with Crippen molar-refractivity contribution in [2.24, 2.45) is 0 Å². The largest absolute Gasteiger partial charge is 0.360 e. The minimum atomic E-state index is -3.33. The summed E-state index contributed by atoms with van der Waals surface area (Å²) < 4.78 is 24.4. The molecule has 0 radical (unpaired) electrons. The van der Waals surface area contributed by atoms with Crippen LogP contribution in [-0.4, -0.2) is 25.1 Å². The molecule has 132 valence electrons. The van der Waals surface area contributed by atoms with E-state index < -0.39 is 21.8 Å². The molecule has 1 aliphatic rings. The Balaban J connectivity index is 1.70. The van der Waals surface area contributed by atoms with Crippen molar-refractivity contribution in [3.05, 3.63) is 76.1 Å². The molecule has 1 atom stereocenters. The molecule has 0 fully saturated rings. The summed E-state index contributed by atoms with van der Waals surface area (Å²) in [5, 5.41) is 3.25. The highest BCUT2D eigenvalue weighted by Crippen LogP contribution is 2.31. The quantitative estimate of drug-likeness (QED) is 0.725. The van der Waals surface area contributed by atoms with Crippen molar-refractivity contribution < 1.29 is 13.2 Å². The van der Waals surface area contributed by atoms with Crippen molar-refractivity contribution in [2.75, 3.05) is 5.75 Å². The fourth-order valence-corrected chi connectivity index (χ4v) is 4.93. The summed E-state index contributed by atoms with van der Waals surface area (Å²) in [5.74, 6) is -0.556. The summed E-state index contributed by atoms with van der Waals surface area (Å²) in [4.78, 5) is 28.4. The smallest absolute Gasteiger partial charge is 0.257 e. The number of rotatable bonds is 2. The number of amides is 1. The van der Waals surface area contributed by atoms with Crippen LogP contribution in [0.2, 0.25) is 0 Å². The molecule has 4 rings (SSSR count). The number of pyridine rings is 1. The number of benzene rings is 2. The standard InChI is InChI=1S/C19H16N2O4S/c22-18-13-6-1-3-7-15(13)20-11-14(18)19(23)21-16-9-10-26(24,25)17-8-4-2-5-12(16)17/h1-8,11,16H,9-10H2,(H,20,22)(H,21,23)/t16-/m0/s1. The van der Waals surface area contributed by atoms with E-state index in [1.54, 1.807) is 48.5 Å². The second-order valence-corrected chi connectivity index (χ2v) is 8.33. The van der Waals surface area contributed by atoms with Crippen LogP contribution in [0.4, 0.5) is 0 Å². The van der Waals surface area contributed by atoms with Gasteiger partial charge in [-0.25, -0.2) is 8.42 Å². The van der Waals surface area contributed by atoms with Crippen molar-refractivity contribution in [3.63, 3.8) is 0 Å². The fourth-order valence-electron chi connectivity index (χ4n) is 3.31. The normalized spacial score (nSPS) is 18.2. The molecule has 2 heterocycles. The summed E-state index contributed by atoms with van der Waals surface area (Å²) in [7, 11) is -3.33. The first-order valence-electron chi connectivity index (χ1n) is 8.20. The molecule has 2 N–H and O–H groups in total. The Bertz CT molecular complexity index is 1180. The van der Waals surface area contributed by atoms with Crippen molar-refractivity contribution in [3.8, 4) is 0 Å². The number of hydrogen-bond acceptors (Lipinski definition) is 4. The van der Waals surface area contributed by atoms with Gasteiger partial charge in [0.2, 0.25) is 5.43 Å². The third-order valence-electron chi connectivity index (χ3n) is 4.64. The fraction of sp³-hybridized carbons (Fsp3) is 0.158. The monoisotopic (exact) mass is 368 g/mol. The number of para-hydroxylation sites is 1. The Morgan fingerprint density at radius 2 is 1.81 bits per heavy atom. The molecule has 0 unspecified atom stereocenters. The molecule has 26 heavy (non-hydrogen) atoms. The van der Waals surface area contributed by atoms with Crippen LogP contribution in [0, 0.1) is 0 Å². The van der Waals surface area contributed by atoms with Gasteiger partial charge in [0, 0.05) is 17.1 Å². The summed E-state index contributed by atoms with van der Waals surface area (Å²) in [5.41, 5.74) is 0.871. The second kappa shape index (κ2) is 6.10. The maximum Gasteiger partial charge on any atom is 0.257 e. The number of aromatic amines is 1. The lowest BCUT2D eigenvalue weighted by Gasteiger charge is -2.26. The van der Waals surface area contributed by atoms with Gasteiger partial charge in [0.15, 0.2) is 9.84 Å². The number of aromatic nitrogens is 1. The van der Waals surface area contributed by atoms with Crippen LogP contribution in [0.3, 0.4) is 0 Å². The number of nitrogens with one attached hydrogen (secondary N) is 2. The molecule has 3 aromatic rings. The Kier molecular flexibility index (Phi) is 3.88. The molecular weight excluding hydrogens is 352 g/mol. The van der Waals surface area contributed by atoms with Gasteiger partial charge in [-0.15, -0.1) is 0 Å². The third kappa shape index (κ3) is 2.70. The molecule has 1 amide bonds. The number of hydrogen-bond donors (Lipinski definition) is 2. The molecule has 0 aliphatic carbocycles. The van der Waals surface area contributed by atoms with E-state index in [4.69, 9.17) is 0 Å². The Hall–Kier alpha value is -2.93. The lowest BCUT2D eigenvalue weighted by Crippen LogP contribution is -2.36. The van der Waals surface area contributed by atoms with Crippen LogP contribution in [-0.2, 0) is 9.84 Å². The molecule has 1 aliphatic heterocycles. The summed E-state index contributed by atoms with van der Waals surface area (Å²) in [6.07, 6.45) is 1.67. The number of carbonyl (C=O) groups is 1. The van der Waals surface area contributed by atoms with E-state index >= 15 is 0 Å². The number of fused-ring (bicyclic) bond motifs is 2. The van der Waals surface area contributed by atoms with E-state index in [0.29, 0.717) is 16.5 Å². The van der Waals surface area contributed by atoms with Crippen LogP contribution in [0.15, 0.2) is 64.4 Å². The molecule has 0 saturated heterocycles. The zero-order valence-electron chi connectivity index (χ0n) is 13.7. The molecule has 7 heteroatoms. The van der Waals surface area contributed by atoms with E-state index in [9.17, 15) is 18.0 Å². The van der Waals surface area contributed by atoms with Gasteiger partial charge in [-0.05, 0) is 30.2 Å². The van der Waals surface area contributed by atoms with E-state index in [1.807, 2.05) is 0 Å². The average molecular weight is 368 g/mol. The highest BCUT2D eigenvalue weighted by molar-refractivity contribution is 7.91. The van der Waals surface area contributed by atoms with Crippen molar-refractivity contribution in [1.29, 1.82) is 0 Å². The molecule has 6 nitrogen and oxygen atoms in total. The first-order chi connectivity index (χ1) is 12.5. The predicted octanol–water partition coefficient (Wildman–Crippen LogP) is 2.18. The number of carbonyl (C=O) groups excluding carboxylic acids is 1. The van der Waals surface area contributed by atoms with Gasteiger partial charge >= 0.3 is 0 Å². The van der Waals surface area contributed by atoms with E-state index in [1.165, 1.54) is 6.20 Å². The van der Waals surface area contributed by atoms with Gasteiger partial charge in [0.25, 0.3) is 5.91 Å². The third-order valence-corrected chi connectivity index (χ3v) is 6.46. The first-order valence-corrected chi connectivity index (χ1v) is 9.85. The Labute approximate surface area is 149 Å². The van der Waals surface area contributed by atoms with Gasteiger partial charge in [-0.2, -0.15) is 0 Å². The summed E-state index contributed by atoms with van der Waals surface area (Å²) >= 11 is 0. The summed E-state index contributed by atoms with van der Waals surface area (Å²) in [6, 6.07) is 13.2. The first kappa shape index (κ1) is 16.5. The van der Waals surface area contributed by atoms with Crippen molar-refractivity contribution >= 4 is 26.6 Å². The van der Waals surface area contributed by atoms with Crippen LogP contribution in [0.5, 0.6) is 0 Å². The van der Waals surface area contributed by atoms with Crippen LogP contribution in [0.1, 0.15) is 28.4 Å². The lowest BCUT2D eigenvalue weighted by molar-refractivity contribution is 0.0933. The van der Waals surface area contributed by atoms with Crippen LogP contribution >= 0.6 is 0 Å². The minimum Gasteiger partial charge on any atom is -0.360 e. The van der Waals surface area contributed by atoms with Gasteiger partial charge in [0.1, 0.15) is 5.56 Å². The molecule has 2 aromatic carbocycles. The molecule has 0 bridgehead atoms. The van der Waals surface area contributed by atoms with Crippen LogP contribution in [0.25, 0.3) is 10.9 Å². The van der Waals surface area contributed by atoms with Gasteiger partial charge < -0.3 is 10.3 Å². The maximum atomic E-state index is 12.7. The topological polar surface area (TPSA) is 96.1 Å². The van der Waals surface area contributed by atoms with E-state index in [0.717, 1.165) is 0 Å². The SMILES string of the molecule is O=C(N[C@H]1CCS(=O)(=O)c2ccccc21)c1c[nH]c2ccccc2c1=O. The minimum absolute atomic E-state index is 0.00890. The lowest BCUT2D eigenvalue weighted by atomic mass is 10.0. The van der Waals surface area contributed by atoms with E-state index in [2.05, 4.69) is 10.3 Å². The van der Waals surface area contributed by atoms with Gasteiger partial charge in [-0.3, -0.25) is 9.59 Å². The highest BCUT2D eigenvalue weighted by Gasteiger charge is 2.31. The zero-order valence-corrected chi connectivity index (χ0v) is 14.5. The van der Waals surface area contributed by atoms with E-state index in [-0.39, 0.29) is 28.1 Å². The Morgan fingerprint density at radius 1 is 1.08 bits per heavy atom. The Morgan fingerprint density at radius 3 is 2.65 bits per heavy atom. The zero-order chi connectivity index (χ0) is 18.3. The second-order valence-electron chi connectivity index (χ2n) is 6.25. The molecular formula is C19H16N2O4S. The van der Waals surface area contributed by atoms with Gasteiger partial charge in [-0.1, -0.05) is 30.3 Å². The predicted molar refractivity (Wildman–Crippen MR) is 97.9 cm³/mol. The summed E-state index contributed by atoms with van der Waals surface area (Å²) in [6.45, 7) is 0. The van der Waals surface area contributed by atoms with Crippen LogP contribution < -0.4 is 10.7 Å². The average Bonchev–Trinajstić information content (AvgIpc) is 2.65. The molecule has 0 spiro atoms. The maximum absolute atomic E-state index is 12.7. The number of H-pyrrole nitrogens is 1. The molecule has 1 aromatic heterocycles.